The van der Waals surface area contributed by atoms with Gasteiger partial charge in [-0.15, -0.1) is 0 Å². The predicted octanol–water partition coefficient (Wildman–Crippen LogP) is 4.93. The summed E-state index contributed by atoms with van der Waals surface area (Å²) < 4.78 is 19.7. The average Bonchev–Trinajstić information content (AvgIpc) is 2.47. The van der Waals surface area contributed by atoms with Gasteiger partial charge in [-0.25, -0.2) is 4.39 Å². The fourth-order valence-corrected chi connectivity index (χ4v) is 2.58. The maximum Gasteiger partial charge on any atom is 0.141 e. The van der Waals surface area contributed by atoms with Gasteiger partial charge in [-0.05, 0) is 57.9 Å². The van der Waals surface area contributed by atoms with Crippen molar-refractivity contribution in [2.24, 2.45) is 0 Å². The van der Waals surface area contributed by atoms with Crippen LogP contribution in [-0.2, 0) is 13.2 Å². The van der Waals surface area contributed by atoms with Crippen LogP contribution >= 0.6 is 27.5 Å². The summed E-state index contributed by atoms with van der Waals surface area (Å²) in [7, 11) is 0. The zero-order chi connectivity index (χ0) is 15.2. The fourth-order valence-electron chi connectivity index (χ4n) is 1.83. The zero-order valence-corrected chi connectivity index (χ0v) is 14.0. The molecule has 0 aliphatic heterocycles. The largest absolute Gasteiger partial charge is 0.488 e. The van der Waals surface area contributed by atoms with Crippen molar-refractivity contribution in [1.29, 1.82) is 0 Å². The monoisotopic (exact) mass is 371 g/mol. The van der Waals surface area contributed by atoms with Crippen molar-refractivity contribution in [3.05, 3.63) is 62.8 Å². The molecule has 0 aliphatic rings. The Labute approximate surface area is 137 Å². The van der Waals surface area contributed by atoms with Gasteiger partial charge in [0, 0.05) is 6.54 Å². The van der Waals surface area contributed by atoms with Crippen LogP contribution in [-0.4, -0.2) is 6.54 Å². The first-order valence-electron chi connectivity index (χ1n) is 6.66. The normalized spacial score (nSPS) is 10.7. The summed E-state index contributed by atoms with van der Waals surface area (Å²) in [5.74, 6) is 0.324. The molecule has 112 valence electrons. The molecule has 0 amide bonds. The molecule has 0 aliphatic carbocycles. The van der Waals surface area contributed by atoms with Crippen LogP contribution < -0.4 is 10.1 Å². The van der Waals surface area contributed by atoms with E-state index < -0.39 is 5.82 Å². The van der Waals surface area contributed by atoms with E-state index in [4.69, 9.17) is 16.3 Å². The summed E-state index contributed by atoms with van der Waals surface area (Å²) in [6, 6.07) is 10.5. The molecule has 2 aromatic carbocycles. The molecule has 0 radical (unpaired) electrons. The summed E-state index contributed by atoms with van der Waals surface area (Å²) >= 11 is 9.25. The smallest absolute Gasteiger partial charge is 0.141 e. The lowest BCUT2D eigenvalue weighted by atomic mass is 10.2. The highest BCUT2D eigenvalue weighted by Gasteiger charge is 2.05. The Bertz CT molecular complexity index is 621. The third-order valence-corrected chi connectivity index (χ3v) is 3.86. The van der Waals surface area contributed by atoms with E-state index in [1.807, 2.05) is 18.2 Å². The van der Waals surface area contributed by atoms with E-state index in [-0.39, 0.29) is 5.02 Å². The standard InChI is InChI=1S/C16H16BrClFNO/c1-2-20-9-11-4-6-16(13(17)7-11)21-10-12-3-5-15(19)14(18)8-12/h3-8,20H,2,9-10H2,1H3. The van der Waals surface area contributed by atoms with Crippen LogP contribution in [0.3, 0.4) is 0 Å². The maximum absolute atomic E-state index is 13.1. The Morgan fingerprint density at radius 1 is 1.19 bits per heavy atom. The van der Waals surface area contributed by atoms with Crippen molar-refractivity contribution < 1.29 is 9.13 Å². The molecule has 0 heterocycles. The summed E-state index contributed by atoms with van der Waals surface area (Å²) in [5.41, 5.74) is 2.01. The van der Waals surface area contributed by atoms with Crippen molar-refractivity contribution in [3.8, 4) is 5.75 Å². The van der Waals surface area contributed by atoms with Crippen LogP contribution in [0.25, 0.3) is 0 Å². The molecule has 0 aromatic heterocycles. The van der Waals surface area contributed by atoms with E-state index in [0.29, 0.717) is 6.61 Å². The van der Waals surface area contributed by atoms with Crippen molar-refractivity contribution in [2.75, 3.05) is 6.54 Å². The molecule has 0 bridgehead atoms. The lowest BCUT2D eigenvalue weighted by Gasteiger charge is -2.10. The Morgan fingerprint density at radius 2 is 1.95 bits per heavy atom. The van der Waals surface area contributed by atoms with Crippen LogP contribution in [0.4, 0.5) is 4.39 Å². The van der Waals surface area contributed by atoms with Crippen molar-refractivity contribution in [1.82, 2.24) is 5.32 Å². The fraction of sp³-hybridized carbons (Fsp3) is 0.250. The van der Waals surface area contributed by atoms with Gasteiger partial charge in [0.25, 0.3) is 0 Å². The number of hydrogen-bond donors (Lipinski definition) is 1. The quantitative estimate of drug-likeness (QED) is 0.776. The lowest BCUT2D eigenvalue weighted by Crippen LogP contribution is -2.11. The molecule has 0 saturated heterocycles. The highest BCUT2D eigenvalue weighted by molar-refractivity contribution is 9.10. The Kier molecular flexibility index (Phi) is 6.03. The van der Waals surface area contributed by atoms with Gasteiger partial charge >= 0.3 is 0 Å². The van der Waals surface area contributed by atoms with Gasteiger partial charge in [0.2, 0.25) is 0 Å². The van der Waals surface area contributed by atoms with E-state index in [9.17, 15) is 4.39 Å². The molecule has 1 N–H and O–H groups in total. The van der Waals surface area contributed by atoms with Gasteiger partial charge in [-0.1, -0.05) is 30.7 Å². The molecule has 0 spiro atoms. The van der Waals surface area contributed by atoms with Gasteiger partial charge in [0.15, 0.2) is 0 Å². The Morgan fingerprint density at radius 3 is 2.62 bits per heavy atom. The molecule has 2 rings (SSSR count). The molecular formula is C16H16BrClFNO. The van der Waals surface area contributed by atoms with Crippen LogP contribution in [0.15, 0.2) is 40.9 Å². The van der Waals surface area contributed by atoms with Crippen LogP contribution in [0.1, 0.15) is 18.1 Å². The summed E-state index contributed by atoms with van der Waals surface area (Å²) in [4.78, 5) is 0. The van der Waals surface area contributed by atoms with Crippen LogP contribution in [0, 0.1) is 5.82 Å². The van der Waals surface area contributed by atoms with E-state index in [1.165, 1.54) is 11.6 Å². The second-order valence-electron chi connectivity index (χ2n) is 4.58. The lowest BCUT2D eigenvalue weighted by molar-refractivity contribution is 0.304. The van der Waals surface area contributed by atoms with Crippen LogP contribution in [0.5, 0.6) is 5.75 Å². The molecule has 0 fully saturated rings. The molecule has 21 heavy (non-hydrogen) atoms. The minimum atomic E-state index is -0.422. The topological polar surface area (TPSA) is 21.3 Å². The van der Waals surface area contributed by atoms with Crippen molar-refractivity contribution >= 4 is 27.5 Å². The molecular weight excluding hydrogens is 357 g/mol. The zero-order valence-electron chi connectivity index (χ0n) is 11.6. The summed E-state index contributed by atoms with van der Waals surface area (Å²) in [6.45, 7) is 4.16. The van der Waals surface area contributed by atoms with E-state index in [2.05, 4.69) is 28.2 Å². The number of nitrogens with one attached hydrogen (secondary N) is 1. The van der Waals surface area contributed by atoms with Crippen LogP contribution in [0.2, 0.25) is 5.02 Å². The number of ether oxygens (including phenoxy) is 1. The predicted molar refractivity (Wildman–Crippen MR) is 87.3 cm³/mol. The highest BCUT2D eigenvalue weighted by atomic mass is 79.9. The molecule has 2 aromatic rings. The van der Waals surface area contributed by atoms with Crippen molar-refractivity contribution in [3.63, 3.8) is 0 Å². The first-order valence-corrected chi connectivity index (χ1v) is 7.83. The van der Waals surface area contributed by atoms with Gasteiger partial charge in [0.1, 0.15) is 18.2 Å². The SMILES string of the molecule is CCNCc1ccc(OCc2ccc(F)c(Cl)c2)c(Br)c1. The Hall–Kier alpha value is -1.10. The summed E-state index contributed by atoms with van der Waals surface area (Å²) in [6.07, 6.45) is 0. The van der Waals surface area contributed by atoms with Crippen molar-refractivity contribution in [2.45, 2.75) is 20.1 Å². The second-order valence-corrected chi connectivity index (χ2v) is 5.84. The molecule has 0 atom stereocenters. The number of rotatable bonds is 6. The Balaban J connectivity index is 2.01. The van der Waals surface area contributed by atoms with E-state index >= 15 is 0 Å². The van der Waals surface area contributed by atoms with Gasteiger partial charge in [-0.3, -0.25) is 0 Å². The first kappa shape index (κ1) is 16.3. The summed E-state index contributed by atoms with van der Waals surface area (Å²) in [5, 5.41) is 3.38. The highest BCUT2D eigenvalue weighted by Crippen LogP contribution is 2.27. The molecule has 0 unspecified atom stereocenters. The number of halogens is 3. The molecule has 0 saturated carbocycles. The van der Waals surface area contributed by atoms with Gasteiger partial charge in [0.05, 0.1) is 9.50 Å². The second kappa shape index (κ2) is 7.78. The third kappa shape index (κ3) is 4.70. The minimum Gasteiger partial charge on any atom is -0.488 e. The maximum atomic E-state index is 13.1. The molecule has 5 heteroatoms. The molecule has 2 nitrogen and oxygen atoms in total. The van der Waals surface area contributed by atoms with E-state index in [1.54, 1.807) is 12.1 Å². The average molecular weight is 373 g/mol. The first-order chi connectivity index (χ1) is 10.1. The van der Waals surface area contributed by atoms with E-state index in [0.717, 1.165) is 28.9 Å². The number of hydrogen-bond acceptors (Lipinski definition) is 2. The third-order valence-electron chi connectivity index (χ3n) is 2.95. The van der Waals surface area contributed by atoms with Gasteiger partial charge < -0.3 is 10.1 Å². The minimum absolute atomic E-state index is 0.108. The van der Waals surface area contributed by atoms with Gasteiger partial charge in [-0.2, -0.15) is 0 Å². The number of benzene rings is 2.